The molecule has 0 fully saturated rings. The normalized spacial score (nSPS) is 14.5. The van der Waals surface area contributed by atoms with Crippen molar-refractivity contribution in [3.63, 3.8) is 0 Å². The van der Waals surface area contributed by atoms with E-state index >= 15 is 0 Å². The zero-order chi connectivity index (χ0) is 24.7. The van der Waals surface area contributed by atoms with E-state index < -0.39 is 45.3 Å². The minimum Gasteiger partial charge on any atom is -0.310 e. The van der Waals surface area contributed by atoms with E-state index in [1.807, 2.05) is 37.3 Å². The summed E-state index contributed by atoms with van der Waals surface area (Å²) in [5.74, 6) is -0.193. The van der Waals surface area contributed by atoms with Crippen molar-refractivity contribution in [3.8, 4) is 0 Å². The Hall–Kier alpha value is -1.47. The van der Waals surface area contributed by atoms with E-state index in [2.05, 4.69) is 5.32 Å². The topological polar surface area (TPSA) is 147 Å². The molecule has 0 heterocycles. The highest BCUT2D eigenvalue weighted by Crippen LogP contribution is 2.27. The van der Waals surface area contributed by atoms with Crippen LogP contribution in [0, 0.1) is 0 Å². The van der Waals surface area contributed by atoms with E-state index in [0.29, 0.717) is 13.0 Å². The monoisotopic (exact) mass is 524 g/mol. The van der Waals surface area contributed by atoms with Gasteiger partial charge in [0.05, 0.1) is 5.75 Å². The Labute approximate surface area is 174 Å². The maximum atomic E-state index is 11.5. The smallest absolute Gasteiger partial charge is 0.310 e. The highest BCUT2D eigenvalue weighted by Gasteiger charge is 2.55. The van der Waals surface area contributed by atoms with Crippen LogP contribution in [-0.4, -0.2) is 53.1 Å². The molecule has 1 atom stereocenters. The number of nitrogens with one attached hydrogen (secondary N) is 2. The van der Waals surface area contributed by atoms with Gasteiger partial charge in [-0.3, -0.25) is 4.55 Å². The van der Waals surface area contributed by atoms with Gasteiger partial charge in [-0.1, -0.05) is 34.5 Å². The van der Waals surface area contributed by atoms with Crippen LogP contribution in [0.4, 0.5) is 26.3 Å². The first-order chi connectivity index (χ1) is 13.7. The Bertz CT molecular complexity index is 966. The van der Waals surface area contributed by atoms with Crippen molar-refractivity contribution in [2.24, 2.45) is 0 Å². The average Bonchev–Trinajstić information content (AvgIpc) is 2.56. The Morgan fingerprint density at radius 1 is 0.871 bits per heavy atom. The van der Waals surface area contributed by atoms with E-state index in [9.17, 15) is 51.6 Å². The Kier molecular flexibility index (Phi) is 10.4. The van der Waals surface area contributed by atoms with Gasteiger partial charge in [0.25, 0.3) is 10.1 Å². The van der Waals surface area contributed by atoms with E-state index in [1.165, 1.54) is 0 Å². The second kappa shape index (κ2) is 10.9. The molecule has 0 saturated carbocycles. The zero-order valence-corrected chi connectivity index (χ0v) is 17.9. The molecule has 0 spiro atoms. The van der Waals surface area contributed by atoms with Crippen LogP contribution in [0.3, 0.4) is 0 Å². The third kappa shape index (κ3) is 11.1. The van der Waals surface area contributed by atoms with Crippen molar-refractivity contribution >= 4 is 30.2 Å². The molecule has 1 aromatic rings. The fourth-order valence-electron chi connectivity index (χ4n) is 1.67. The van der Waals surface area contributed by atoms with E-state index in [-0.39, 0.29) is 11.8 Å². The molecule has 0 aliphatic heterocycles. The molecule has 18 heteroatoms. The SMILES string of the molecule is C[C@@H](NCCCS(=O)(=O)O)c1ccccc1.O=S(=O)(NS(=O)(=O)C(F)(F)F)C(F)(F)F. The summed E-state index contributed by atoms with van der Waals surface area (Å²) in [6.45, 7) is 2.58. The summed E-state index contributed by atoms with van der Waals surface area (Å²) in [6.07, 6.45) is 0.413. The van der Waals surface area contributed by atoms with Crippen LogP contribution in [0.25, 0.3) is 0 Å². The van der Waals surface area contributed by atoms with E-state index in [0.717, 1.165) is 5.56 Å². The van der Waals surface area contributed by atoms with Crippen molar-refractivity contribution in [2.45, 2.75) is 30.4 Å². The first-order valence-electron chi connectivity index (χ1n) is 7.84. The van der Waals surface area contributed by atoms with Gasteiger partial charge >= 0.3 is 31.1 Å². The largest absolute Gasteiger partial charge is 0.512 e. The molecular formula is C13H18F6N2O7S3. The molecule has 31 heavy (non-hydrogen) atoms. The Morgan fingerprint density at radius 2 is 1.29 bits per heavy atom. The highest BCUT2D eigenvalue weighted by molar-refractivity contribution is 8.05. The lowest BCUT2D eigenvalue weighted by atomic mass is 10.1. The fourth-order valence-corrected chi connectivity index (χ4v) is 4.09. The van der Waals surface area contributed by atoms with Gasteiger partial charge < -0.3 is 5.32 Å². The van der Waals surface area contributed by atoms with Crippen LogP contribution in [0.1, 0.15) is 24.9 Å². The maximum Gasteiger partial charge on any atom is 0.512 e. The number of sulfonamides is 2. The van der Waals surface area contributed by atoms with Crippen LogP contribution in [0.5, 0.6) is 0 Å². The third-order valence-corrected chi connectivity index (χ3v) is 6.94. The minimum atomic E-state index is -6.60. The zero-order valence-electron chi connectivity index (χ0n) is 15.5. The molecule has 0 unspecified atom stereocenters. The van der Waals surface area contributed by atoms with Crippen LogP contribution >= 0.6 is 0 Å². The van der Waals surface area contributed by atoms with Crippen molar-refractivity contribution < 1.29 is 56.1 Å². The molecule has 0 saturated heterocycles. The van der Waals surface area contributed by atoms with E-state index in [1.54, 1.807) is 0 Å². The van der Waals surface area contributed by atoms with E-state index in [4.69, 9.17) is 4.55 Å². The van der Waals surface area contributed by atoms with Crippen LogP contribution in [0.2, 0.25) is 0 Å². The second-order valence-corrected chi connectivity index (χ2v) is 10.9. The van der Waals surface area contributed by atoms with Gasteiger partial charge in [-0.25, -0.2) is 16.8 Å². The molecule has 0 bridgehead atoms. The van der Waals surface area contributed by atoms with Crippen molar-refractivity contribution in [1.29, 1.82) is 0 Å². The lowest BCUT2D eigenvalue weighted by Crippen LogP contribution is -2.45. The molecular weight excluding hydrogens is 506 g/mol. The van der Waals surface area contributed by atoms with Gasteiger partial charge in [-0.05, 0) is 25.5 Å². The van der Waals surface area contributed by atoms with Crippen LogP contribution < -0.4 is 9.44 Å². The Morgan fingerprint density at radius 3 is 1.65 bits per heavy atom. The minimum absolute atomic E-state index is 0.183. The van der Waals surface area contributed by atoms with Gasteiger partial charge in [0, 0.05) is 6.04 Å². The maximum absolute atomic E-state index is 11.5. The van der Waals surface area contributed by atoms with Crippen molar-refractivity contribution in [1.82, 2.24) is 9.44 Å². The van der Waals surface area contributed by atoms with Crippen LogP contribution in [0.15, 0.2) is 30.3 Å². The van der Waals surface area contributed by atoms with Gasteiger partial charge in [0.2, 0.25) is 0 Å². The van der Waals surface area contributed by atoms with Gasteiger partial charge in [0.1, 0.15) is 0 Å². The van der Waals surface area contributed by atoms with Crippen LogP contribution in [-0.2, 0) is 30.2 Å². The lowest BCUT2D eigenvalue weighted by Gasteiger charge is -2.13. The third-order valence-electron chi connectivity index (χ3n) is 3.16. The molecule has 182 valence electrons. The number of hydrogen-bond donors (Lipinski definition) is 3. The number of halogens is 6. The molecule has 3 N–H and O–H groups in total. The highest BCUT2D eigenvalue weighted by atomic mass is 32.3. The number of alkyl halides is 6. The Balaban J connectivity index is 0.000000582. The average molecular weight is 524 g/mol. The van der Waals surface area contributed by atoms with Crippen molar-refractivity contribution in [3.05, 3.63) is 35.9 Å². The molecule has 0 radical (unpaired) electrons. The number of rotatable bonds is 8. The lowest BCUT2D eigenvalue weighted by molar-refractivity contribution is -0.0476. The summed E-state index contributed by atoms with van der Waals surface area (Å²) < 4.78 is 138. The standard InChI is InChI=1S/C11H17NO3S.C2HF6NO4S2/c1-10(11-6-3-2-4-7-11)12-8-5-9-16(13,14)15;3-1(4,5)14(10,11)9-15(12,13)2(6,7)8/h2-4,6-7,10,12H,5,8-9H2,1H3,(H,13,14,15);9H/t10-;/m1./s1. The molecule has 9 nitrogen and oxygen atoms in total. The predicted octanol–water partition coefficient (Wildman–Crippen LogP) is 1.89. The summed E-state index contributed by atoms with van der Waals surface area (Å²) in [7, 11) is -17.0. The predicted molar refractivity (Wildman–Crippen MR) is 97.0 cm³/mol. The fraction of sp³-hybridized carbons (Fsp3) is 0.538. The summed E-state index contributed by atoms with van der Waals surface area (Å²) in [6, 6.07) is 10.1. The second-order valence-electron chi connectivity index (χ2n) is 5.71. The van der Waals surface area contributed by atoms with Crippen molar-refractivity contribution in [2.75, 3.05) is 12.3 Å². The molecule has 0 aliphatic carbocycles. The summed E-state index contributed by atoms with van der Waals surface area (Å²) in [5, 5.41) is 3.20. The molecule has 1 rings (SSSR count). The summed E-state index contributed by atoms with van der Waals surface area (Å²) in [4.78, 5) is 0. The number of hydrogen-bond acceptors (Lipinski definition) is 7. The summed E-state index contributed by atoms with van der Waals surface area (Å²) in [5.41, 5.74) is -11.1. The molecule has 0 amide bonds. The first kappa shape index (κ1) is 29.5. The summed E-state index contributed by atoms with van der Waals surface area (Å²) >= 11 is 0. The first-order valence-corrected chi connectivity index (χ1v) is 12.4. The molecule has 0 aromatic heterocycles. The van der Waals surface area contributed by atoms with Gasteiger partial charge in [0.15, 0.2) is 0 Å². The molecule has 0 aliphatic rings. The van der Waals surface area contributed by atoms with Gasteiger partial charge in [-0.2, -0.15) is 34.8 Å². The molecule has 1 aromatic carbocycles. The quantitative estimate of drug-likeness (QED) is 0.266. The number of benzene rings is 1. The van der Waals surface area contributed by atoms with Gasteiger partial charge in [-0.15, -0.1) is 0 Å².